The molecule has 0 aliphatic carbocycles. The molecule has 33 heavy (non-hydrogen) atoms. The van der Waals surface area contributed by atoms with Crippen molar-refractivity contribution in [1.82, 2.24) is 9.88 Å². The molecule has 2 atom stereocenters. The van der Waals surface area contributed by atoms with E-state index in [2.05, 4.69) is 27.8 Å². The number of aliphatic hydroxyl groups is 1. The molecule has 3 heterocycles. The average Bonchev–Trinajstić information content (AvgIpc) is 3.30. The molecule has 5 heteroatoms. The number of likely N-dealkylation sites (tertiary alicyclic amines) is 1. The minimum Gasteiger partial charge on any atom is -0.489 e. The van der Waals surface area contributed by atoms with E-state index in [4.69, 9.17) is 16.3 Å². The van der Waals surface area contributed by atoms with Crippen molar-refractivity contribution < 1.29 is 9.84 Å². The third-order valence-electron chi connectivity index (χ3n) is 6.51. The van der Waals surface area contributed by atoms with E-state index in [-0.39, 0.29) is 12.7 Å². The zero-order valence-corrected chi connectivity index (χ0v) is 19.3. The van der Waals surface area contributed by atoms with Crippen molar-refractivity contribution in [3.05, 3.63) is 82.6 Å². The number of benzene rings is 2. The number of ether oxygens (including phenoxy) is 1. The number of pyridine rings is 1. The van der Waals surface area contributed by atoms with Gasteiger partial charge in [0.15, 0.2) is 0 Å². The Balaban J connectivity index is 1.23. The summed E-state index contributed by atoms with van der Waals surface area (Å²) >= 11 is 5.97. The standard InChI is InChI=1S/C28H27ClN2O2/c29-24-9-5-21(6-10-24)23-7-12-25(30-17-23)11-3-20-4-14-28-22(16-20)8-13-27(33-28)18-31-15-1-2-26(31)19-32/h4-7,9-10,12,14,16-17,26-27,32H,1-2,8,13,15,18-19H2/t26-,27?/m0/s1. The Morgan fingerprint density at radius 3 is 2.67 bits per heavy atom. The van der Waals surface area contributed by atoms with Crippen LogP contribution in [0.2, 0.25) is 5.02 Å². The van der Waals surface area contributed by atoms with Crippen LogP contribution < -0.4 is 4.74 Å². The highest BCUT2D eigenvalue weighted by molar-refractivity contribution is 6.30. The normalized spacial score (nSPS) is 19.9. The van der Waals surface area contributed by atoms with E-state index >= 15 is 0 Å². The number of aromatic nitrogens is 1. The quantitative estimate of drug-likeness (QED) is 0.562. The number of hydrogen-bond acceptors (Lipinski definition) is 4. The molecule has 0 radical (unpaired) electrons. The topological polar surface area (TPSA) is 45.6 Å². The summed E-state index contributed by atoms with van der Waals surface area (Å²) in [7, 11) is 0. The molecule has 0 spiro atoms. The van der Waals surface area contributed by atoms with Crippen LogP contribution >= 0.6 is 11.6 Å². The Kier molecular flexibility index (Phi) is 6.64. The Hall–Kier alpha value is -2.84. The summed E-state index contributed by atoms with van der Waals surface area (Å²) in [5, 5.41) is 10.3. The SMILES string of the molecule is OC[C@@H]1CCCN1CC1CCc2cc(C#Cc3ccc(-c4ccc(Cl)cc4)cn3)ccc2O1. The van der Waals surface area contributed by atoms with E-state index in [0.29, 0.717) is 6.04 Å². The van der Waals surface area contributed by atoms with Crippen LogP contribution in [0.4, 0.5) is 0 Å². The fourth-order valence-electron chi connectivity index (χ4n) is 4.67. The zero-order valence-electron chi connectivity index (χ0n) is 18.5. The van der Waals surface area contributed by atoms with E-state index in [9.17, 15) is 5.11 Å². The van der Waals surface area contributed by atoms with Crippen LogP contribution in [-0.2, 0) is 6.42 Å². The number of halogens is 1. The van der Waals surface area contributed by atoms with Gasteiger partial charge in [-0.15, -0.1) is 0 Å². The van der Waals surface area contributed by atoms with Crippen LogP contribution in [0.3, 0.4) is 0 Å². The summed E-state index contributed by atoms with van der Waals surface area (Å²) < 4.78 is 6.27. The minimum atomic E-state index is 0.185. The molecule has 1 N–H and O–H groups in total. The van der Waals surface area contributed by atoms with Gasteiger partial charge < -0.3 is 9.84 Å². The summed E-state index contributed by atoms with van der Waals surface area (Å²) in [6.07, 6.45) is 6.25. The third kappa shape index (κ3) is 5.23. The van der Waals surface area contributed by atoms with Crippen molar-refractivity contribution in [2.24, 2.45) is 0 Å². The lowest BCUT2D eigenvalue weighted by Gasteiger charge is -2.31. The molecule has 2 aromatic carbocycles. The van der Waals surface area contributed by atoms with Gasteiger partial charge in [-0.2, -0.15) is 0 Å². The van der Waals surface area contributed by atoms with Crippen LogP contribution in [0, 0.1) is 11.8 Å². The highest BCUT2D eigenvalue weighted by Gasteiger charge is 2.28. The molecule has 4 nitrogen and oxygen atoms in total. The maximum Gasteiger partial charge on any atom is 0.123 e. The van der Waals surface area contributed by atoms with Crippen molar-refractivity contribution in [2.75, 3.05) is 19.7 Å². The lowest BCUT2D eigenvalue weighted by molar-refractivity contribution is 0.0870. The molecular weight excluding hydrogens is 432 g/mol. The van der Waals surface area contributed by atoms with Crippen LogP contribution in [0.25, 0.3) is 11.1 Å². The van der Waals surface area contributed by atoms with Crippen molar-refractivity contribution in [1.29, 1.82) is 0 Å². The van der Waals surface area contributed by atoms with Gasteiger partial charge in [0, 0.05) is 34.9 Å². The van der Waals surface area contributed by atoms with Gasteiger partial charge in [0.1, 0.15) is 17.5 Å². The molecule has 168 valence electrons. The molecule has 3 aromatic rings. The molecular formula is C28H27ClN2O2. The van der Waals surface area contributed by atoms with Crippen molar-refractivity contribution in [3.8, 4) is 28.7 Å². The van der Waals surface area contributed by atoms with Crippen LogP contribution in [0.15, 0.2) is 60.8 Å². The Morgan fingerprint density at radius 1 is 1.03 bits per heavy atom. The molecule has 2 aliphatic rings. The molecule has 1 unspecified atom stereocenters. The zero-order chi connectivity index (χ0) is 22.6. The second-order valence-corrected chi connectivity index (χ2v) is 9.20. The van der Waals surface area contributed by atoms with Gasteiger partial charge in [-0.25, -0.2) is 4.98 Å². The highest BCUT2D eigenvalue weighted by atomic mass is 35.5. The molecule has 2 aliphatic heterocycles. The van der Waals surface area contributed by atoms with Crippen molar-refractivity contribution in [2.45, 2.75) is 37.8 Å². The summed E-state index contributed by atoms with van der Waals surface area (Å²) in [6, 6.07) is 18.2. The summed E-state index contributed by atoms with van der Waals surface area (Å²) in [6.45, 7) is 2.19. The highest BCUT2D eigenvalue weighted by Crippen LogP contribution is 2.30. The van der Waals surface area contributed by atoms with Crippen LogP contribution in [0.1, 0.15) is 36.1 Å². The molecule has 1 fully saturated rings. The third-order valence-corrected chi connectivity index (χ3v) is 6.77. The van der Waals surface area contributed by atoms with Gasteiger partial charge in [0.05, 0.1) is 6.61 Å². The van der Waals surface area contributed by atoms with Crippen LogP contribution in [0.5, 0.6) is 5.75 Å². The first-order valence-electron chi connectivity index (χ1n) is 11.6. The van der Waals surface area contributed by atoms with Gasteiger partial charge in [0.2, 0.25) is 0 Å². The van der Waals surface area contributed by atoms with Gasteiger partial charge in [-0.1, -0.05) is 35.7 Å². The number of aryl methyl sites for hydroxylation is 1. The maximum absolute atomic E-state index is 9.56. The molecule has 5 rings (SSSR count). The van der Waals surface area contributed by atoms with Gasteiger partial charge in [0.25, 0.3) is 0 Å². The van der Waals surface area contributed by atoms with E-state index in [0.717, 1.165) is 71.9 Å². The van der Waals surface area contributed by atoms with Crippen molar-refractivity contribution in [3.63, 3.8) is 0 Å². The first kappa shape index (κ1) is 22.0. The molecule has 0 bridgehead atoms. The number of rotatable bonds is 4. The van der Waals surface area contributed by atoms with Crippen LogP contribution in [-0.4, -0.2) is 46.8 Å². The second-order valence-electron chi connectivity index (χ2n) is 8.76. The summed E-state index contributed by atoms with van der Waals surface area (Å²) in [4.78, 5) is 6.87. The number of hydrogen-bond donors (Lipinski definition) is 1. The van der Waals surface area contributed by atoms with Gasteiger partial charge in [-0.05, 0) is 85.7 Å². The average molecular weight is 459 g/mol. The summed E-state index contributed by atoms with van der Waals surface area (Å²) in [5.74, 6) is 7.37. The first-order valence-corrected chi connectivity index (χ1v) is 11.9. The van der Waals surface area contributed by atoms with E-state index in [1.165, 1.54) is 5.56 Å². The predicted octanol–water partition coefficient (Wildman–Crippen LogP) is 4.95. The minimum absolute atomic E-state index is 0.185. The Labute approximate surface area is 200 Å². The fraction of sp³-hybridized carbons (Fsp3) is 0.321. The number of fused-ring (bicyclic) bond motifs is 1. The van der Waals surface area contributed by atoms with E-state index in [1.54, 1.807) is 0 Å². The first-order chi connectivity index (χ1) is 16.2. The second kappa shape index (κ2) is 9.97. The Bertz CT molecular complexity index is 1170. The van der Waals surface area contributed by atoms with Gasteiger partial charge in [-0.3, -0.25) is 4.90 Å². The van der Waals surface area contributed by atoms with E-state index in [1.807, 2.05) is 54.7 Å². The summed E-state index contributed by atoms with van der Waals surface area (Å²) in [5.41, 5.74) is 5.04. The number of nitrogens with zero attached hydrogens (tertiary/aromatic N) is 2. The molecule has 1 saturated heterocycles. The lowest BCUT2D eigenvalue weighted by Crippen LogP contribution is -2.41. The number of aliphatic hydroxyl groups excluding tert-OH is 1. The van der Waals surface area contributed by atoms with E-state index < -0.39 is 0 Å². The predicted molar refractivity (Wildman–Crippen MR) is 132 cm³/mol. The largest absolute Gasteiger partial charge is 0.489 e. The molecule has 0 amide bonds. The molecule has 1 aromatic heterocycles. The maximum atomic E-state index is 9.56. The van der Waals surface area contributed by atoms with Crippen molar-refractivity contribution >= 4 is 11.6 Å². The smallest absolute Gasteiger partial charge is 0.123 e. The lowest BCUT2D eigenvalue weighted by atomic mass is 9.99. The Morgan fingerprint density at radius 2 is 1.88 bits per heavy atom. The van der Waals surface area contributed by atoms with Gasteiger partial charge >= 0.3 is 0 Å². The molecule has 0 saturated carbocycles. The monoisotopic (exact) mass is 458 g/mol. The fourth-order valence-corrected chi connectivity index (χ4v) is 4.80.